The van der Waals surface area contributed by atoms with Crippen molar-refractivity contribution >= 4 is 16.7 Å². The third kappa shape index (κ3) is 3.22. The van der Waals surface area contributed by atoms with E-state index in [0.717, 1.165) is 27.8 Å². The number of benzene rings is 3. The normalized spacial score (nSPS) is 11.0. The number of nitrogens with zero attached hydrogens (tertiary/aromatic N) is 3. The van der Waals surface area contributed by atoms with E-state index in [2.05, 4.69) is 0 Å². The molecule has 0 fully saturated rings. The Labute approximate surface area is 177 Å². The minimum atomic E-state index is -0.411. The van der Waals surface area contributed by atoms with E-state index in [-0.39, 0.29) is 5.69 Å². The lowest BCUT2D eigenvalue weighted by atomic mass is 10.1. The summed E-state index contributed by atoms with van der Waals surface area (Å²) in [5.74, 6) is 0.662. The molecule has 152 valence electrons. The highest BCUT2D eigenvalue weighted by Gasteiger charge is 2.19. The van der Waals surface area contributed by atoms with Crippen LogP contribution < -0.4 is 4.74 Å². The van der Waals surface area contributed by atoms with Crippen LogP contribution in [0, 0.1) is 10.1 Å². The molecule has 0 atom stereocenters. The first-order chi connectivity index (χ1) is 15.2. The molecule has 0 spiro atoms. The van der Waals surface area contributed by atoms with Crippen LogP contribution in [0.2, 0.25) is 0 Å². The molecule has 0 saturated heterocycles. The highest BCUT2D eigenvalue weighted by Crippen LogP contribution is 2.38. The zero-order valence-electron chi connectivity index (χ0n) is 16.6. The van der Waals surface area contributed by atoms with Gasteiger partial charge in [-0.1, -0.05) is 36.4 Å². The van der Waals surface area contributed by atoms with Gasteiger partial charge >= 0.3 is 0 Å². The van der Waals surface area contributed by atoms with Crippen molar-refractivity contribution in [3.63, 3.8) is 0 Å². The van der Waals surface area contributed by atoms with Crippen molar-refractivity contribution in [3.05, 3.63) is 95.2 Å². The van der Waals surface area contributed by atoms with E-state index in [1.54, 1.807) is 30.2 Å². The fourth-order valence-corrected chi connectivity index (χ4v) is 3.70. The Hall–Kier alpha value is -4.39. The van der Waals surface area contributed by atoms with E-state index in [1.165, 1.54) is 12.1 Å². The van der Waals surface area contributed by atoms with E-state index < -0.39 is 4.92 Å². The van der Waals surface area contributed by atoms with Gasteiger partial charge in [-0.15, -0.1) is 0 Å². The topological polar surface area (TPSA) is 83.3 Å². The first-order valence-corrected chi connectivity index (χ1v) is 9.60. The number of nitro groups is 1. The SMILES string of the molecule is COc1c(-c2cc(-c3ccccc3)n(-c3cccc([N+](=O)[O-])c3)n2)ccc2occc12. The average Bonchev–Trinajstić information content (AvgIpc) is 3.46. The van der Waals surface area contributed by atoms with Gasteiger partial charge in [-0.05, 0) is 30.3 Å². The maximum atomic E-state index is 11.3. The number of aromatic nitrogens is 2. The zero-order valence-corrected chi connectivity index (χ0v) is 16.6. The second-order valence-corrected chi connectivity index (χ2v) is 6.95. The van der Waals surface area contributed by atoms with Gasteiger partial charge < -0.3 is 9.15 Å². The number of nitro benzene ring substituents is 1. The zero-order chi connectivity index (χ0) is 21.4. The Morgan fingerprint density at radius 3 is 2.61 bits per heavy atom. The van der Waals surface area contributed by atoms with E-state index >= 15 is 0 Å². The minimum Gasteiger partial charge on any atom is -0.495 e. The molecular formula is C24H17N3O4. The van der Waals surface area contributed by atoms with Gasteiger partial charge in [0.2, 0.25) is 0 Å². The van der Waals surface area contributed by atoms with E-state index in [9.17, 15) is 10.1 Å². The molecule has 0 unspecified atom stereocenters. The maximum absolute atomic E-state index is 11.3. The molecule has 5 rings (SSSR count). The number of ether oxygens (including phenoxy) is 1. The number of methoxy groups -OCH3 is 1. The van der Waals surface area contributed by atoms with Crippen molar-refractivity contribution in [2.24, 2.45) is 0 Å². The number of non-ortho nitro benzene ring substituents is 1. The molecule has 0 bridgehead atoms. The second-order valence-electron chi connectivity index (χ2n) is 6.95. The predicted octanol–water partition coefficient (Wildman–Crippen LogP) is 5.87. The number of furan rings is 1. The largest absolute Gasteiger partial charge is 0.495 e. The molecule has 0 aliphatic carbocycles. The van der Waals surface area contributed by atoms with E-state index in [0.29, 0.717) is 17.1 Å². The van der Waals surface area contributed by atoms with Crippen LogP contribution in [-0.4, -0.2) is 21.8 Å². The van der Waals surface area contributed by atoms with Crippen molar-refractivity contribution in [1.29, 1.82) is 0 Å². The summed E-state index contributed by atoms with van der Waals surface area (Å²) in [5, 5.41) is 17.0. The second kappa shape index (κ2) is 7.46. The van der Waals surface area contributed by atoms with Crippen LogP contribution in [0.15, 0.2) is 89.5 Å². The predicted molar refractivity (Wildman–Crippen MR) is 117 cm³/mol. The summed E-state index contributed by atoms with van der Waals surface area (Å²) in [6, 6.07) is 23.8. The Balaban J connectivity index is 1.75. The lowest BCUT2D eigenvalue weighted by Gasteiger charge is -2.08. The Morgan fingerprint density at radius 1 is 1.00 bits per heavy atom. The average molecular weight is 411 g/mol. The summed E-state index contributed by atoms with van der Waals surface area (Å²) in [5.41, 5.74) is 4.57. The molecule has 0 saturated carbocycles. The van der Waals surface area contributed by atoms with Gasteiger partial charge in [-0.25, -0.2) is 4.68 Å². The van der Waals surface area contributed by atoms with Gasteiger partial charge in [0.05, 0.1) is 40.8 Å². The number of hydrogen-bond donors (Lipinski definition) is 0. The summed E-state index contributed by atoms with van der Waals surface area (Å²) in [7, 11) is 1.61. The number of hydrogen-bond acceptors (Lipinski definition) is 5. The van der Waals surface area contributed by atoms with Crippen LogP contribution in [0.25, 0.3) is 39.2 Å². The summed E-state index contributed by atoms with van der Waals surface area (Å²) >= 11 is 0. The molecule has 31 heavy (non-hydrogen) atoms. The third-order valence-corrected chi connectivity index (χ3v) is 5.13. The van der Waals surface area contributed by atoms with Crippen molar-refractivity contribution in [3.8, 4) is 34.0 Å². The van der Waals surface area contributed by atoms with Gasteiger partial charge in [-0.2, -0.15) is 5.10 Å². The molecule has 7 heteroatoms. The monoisotopic (exact) mass is 411 g/mol. The fraction of sp³-hybridized carbons (Fsp3) is 0.0417. The molecule has 5 aromatic rings. The number of fused-ring (bicyclic) bond motifs is 1. The van der Waals surface area contributed by atoms with Gasteiger partial charge in [0.25, 0.3) is 5.69 Å². The van der Waals surface area contributed by atoms with Gasteiger partial charge in [0, 0.05) is 23.3 Å². The molecule has 0 aliphatic rings. The van der Waals surface area contributed by atoms with Crippen molar-refractivity contribution in [2.45, 2.75) is 0 Å². The van der Waals surface area contributed by atoms with Crippen molar-refractivity contribution in [1.82, 2.24) is 9.78 Å². The first kappa shape index (κ1) is 18.6. The summed E-state index contributed by atoms with van der Waals surface area (Å²) in [4.78, 5) is 10.9. The van der Waals surface area contributed by atoms with Crippen LogP contribution in [-0.2, 0) is 0 Å². The van der Waals surface area contributed by atoms with E-state index in [1.807, 2.05) is 54.6 Å². The number of rotatable bonds is 5. The lowest BCUT2D eigenvalue weighted by molar-refractivity contribution is -0.384. The smallest absolute Gasteiger partial charge is 0.271 e. The first-order valence-electron chi connectivity index (χ1n) is 9.60. The van der Waals surface area contributed by atoms with Gasteiger partial charge in [0.15, 0.2) is 0 Å². The van der Waals surface area contributed by atoms with Crippen LogP contribution >= 0.6 is 0 Å². The standard InChI is InChI=1S/C24H17N3O4/c1-30-24-19(10-11-23-20(24)12-13-31-23)21-15-22(16-6-3-2-4-7-16)26(25-21)17-8-5-9-18(14-17)27(28)29/h2-15H,1H3. The minimum absolute atomic E-state index is 0.00552. The molecule has 7 nitrogen and oxygen atoms in total. The molecule has 0 radical (unpaired) electrons. The highest BCUT2D eigenvalue weighted by atomic mass is 16.6. The van der Waals surface area contributed by atoms with E-state index in [4.69, 9.17) is 14.3 Å². The molecule has 2 heterocycles. The summed E-state index contributed by atoms with van der Waals surface area (Å²) < 4.78 is 12.9. The maximum Gasteiger partial charge on any atom is 0.271 e. The van der Waals surface area contributed by atoms with Gasteiger partial charge in [0.1, 0.15) is 11.3 Å². The molecule has 2 aromatic heterocycles. The Bertz CT molecular complexity index is 1400. The lowest BCUT2D eigenvalue weighted by Crippen LogP contribution is -2.00. The summed E-state index contributed by atoms with van der Waals surface area (Å²) in [6.07, 6.45) is 1.62. The third-order valence-electron chi connectivity index (χ3n) is 5.13. The van der Waals surface area contributed by atoms with Crippen LogP contribution in [0.3, 0.4) is 0 Å². The van der Waals surface area contributed by atoms with Crippen LogP contribution in [0.5, 0.6) is 5.75 Å². The molecule has 0 amide bonds. The summed E-state index contributed by atoms with van der Waals surface area (Å²) in [6.45, 7) is 0. The quantitative estimate of drug-likeness (QED) is 0.267. The molecule has 0 N–H and O–H groups in total. The van der Waals surface area contributed by atoms with Crippen LogP contribution in [0.4, 0.5) is 5.69 Å². The fourth-order valence-electron chi connectivity index (χ4n) is 3.70. The highest BCUT2D eigenvalue weighted by molar-refractivity contribution is 5.92. The van der Waals surface area contributed by atoms with Crippen molar-refractivity contribution in [2.75, 3.05) is 7.11 Å². The molecule has 3 aromatic carbocycles. The van der Waals surface area contributed by atoms with Crippen LogP contribution in [0.1, 0.15) is 0 Å². The van der Waals surface area contributed by atoms with Gasteiger partial charge in [-0.3, -0.25) is 10.1 Å². The Kier molecular flexibility index (Phi) is 4.48. The van der Waals surface area contributed by atoms with Crippen molar-refractivity contribution < 1.29 is 14.1 Å². The molecule has 0 aliphatic heterocycles. The Morgan fingerprint density at radius 2 is 1.84 bits per heavy atom. The molecular weight excluding hydrogens is 394 g/mol.